The average Bonchev–Trinajstić information content (AvgIpc) is 2.46. The SMILES string of the molecule is CC(C)(C)Nc1ccnc(Nc2ccc3c(c2)OCCO3)n1. The molecule has 2 aromatic rings. The van der Waals surface area contributed by atoms with E-state index in [2.05, 4.69) is 41.4 Å². The van der Waals surface area contributed by atoms with Crippen molar-refractivity contribution in [2.75, 3.05) is 23.8 Å². The van der Waals surface area contributed by atoms with Crippen molar-refractivity contribution in [3.8, 4) is 11.5 Å². The van der Waals surface area contributed by atoms with Gasteiger partial charge in [0.1, 0.15) is 19.0 Å². The molecule has 1 aliphatic heterocycles. The highest BCUT2D eigenvalue weighted by Gasteiger charge is 2.13. The first-order valence-corrected chi connectivity index (χ1v) is 7.27. The van der Waals surface area contributed by atoms with Crippen LogP contribution in [0.3, 0.4) is 0 Å². The fraction of sp³-hybridized carbons (Fsp3) is 0.375. The lowest BCUT2D eigenvalue weighted by Crippen LogP contribution is -2.26. The van der Waals surface area contributed by atoms with Crippen molar-refractivity contribution in [1.82, 2.24) is 9.97 Å². The van der Waals surface area contributed by atoms with E-state index in [4.69, 9.17) is 9.47 Å². The van der Waals surface area contributed by atoms with Crippen LogP contribution in [0.4, 0.5) is 17.5 Å². The van der Waals surface area contributed by atoms with Gasteiger partial charge in [-0.3, -0.25) is 0 Å². The molecule has 0 fully saturated rings. The van der Waals surface area contributed by atoms with Crippen molar-refractivity contribution in [2.24, 2.45) is 0 Å². The van der Waals surface area contributed by atoms with Gasteiger partial charge in [-0.15, -0.1) is 0 Å². The summed E-state index contributed by atoms with van der Waals surface area (Å²) in [5, 5.41) is 6.50. The zero-order valence-corrected chi connectivity index (χ0v) is 13.0. The number of fused-ring (bicyclic) bond motifs is 1. The standard InChI is InChI=1S/C16H20N4O2/c1-16(2,3)20-14-6-7-17-15(19-14)18-11-4-5-12-13(10-11)22-9-8-21-12/h4-7,10H,8-9H2,1-3H3,(H2,17,18,19,20). The molecule has 0 atom stereocenters. The Morgan fingerprint density at radius 3 is 2.59 bits per heavy atom. The molecule has 3 rings (SSSR count). The van der Waals surface area contributed by atoms with E-state index in [0.29, 0.717) is 19.2 Å². The summed E-state index contributed by atoms with van der Waals surface area (Å²) in [5.74, 6) is 2.81. The number of hydrogen-bond acceptors (Lipinski definition) is 6. The molecule has 2 N–H and O–H groups in total. The molecule has 0 radical (unpaired) electrons. The predicted molar refractivity (Wildman–Crippen MR) is 86.1 cm³/mol. The van der Waals surface area contributed by atoms with Crippen LogP contribution in [-0.2, 0) is 0 Å². The van der Waals surface area contributed by atoms with Gasteiger partial charge < -0.3 is 20.1 Å². The quantitative estimate of drug-likeness (QED) is 0.907. The zero-order chi connectivity index (χ0) is 15.6. The summed E-state index contributed by atoms with van der Waals surface area (Å²) in [5.41, 5.74) is 0.806. The van der Waals surface area contributed by atoms with Crippen molar-refractivity contribution >= 4 is 17.5 Å². The summed E-state index contributed by atoms with van der Waals surface area (Å²) in [6, 6.07) is 7.54. The largest absolute Gasteiger partial charge is 0.486 e. The fourth-order valence-corrected chi connectivity index (χ4v) is 2.12. The maximum atomic E-state index is 5.57. The number of aromatic nitrogens is 2. The van der Waals surface area contributed by atoms with Crippen LogP contribution in [0.5, 0.6) is 11.5 Å². The van der Waals surface area contributed by atoms with E-state index >= 15 is 0 Å². The Balaban J connectivity index is 1.77. The molecule has 0 saturated carbocycles. The van der Waals surface area contributed by atoms with Crippen LogP contribution in [0.2, 0.25) is 0 Å². The van der Waals surface area contributed by atoms with Crippen LogP contribution in [0.25, 0.3) is 0 Å². The Hall–Kier alpha value is -2.50. The minimum Gasteiger partial charge on any atom is -0.486 e. The van der Waals surface area contributed by atoms with Gasteiger partial charge >= 0.3 is 0 Å². The second-order valence-corrected chi connectivity index (χ2v) is 6.12. The van der Waals surface area contributed by atoms with Crippen LogP contribution < -0.4 is 20.1 Å². The molecule has 0 saturated heterocycles. The lowest BCUT2D eigenvalue weighted by atomic mass is 10.1. The first-order valence-electron chi connectivity index (χ1n) is 7.27. The number of nitrogens with zero attached hydrogens (tertiary/aromatic N) is 2. The molecule has 22 heavy (non-hydrogen) atoms. The highest BCUT2D eigenvalue weighted by Crippen LogP contribution is 2.33. The lowest BCUT2D eigenvalue weighted by molar-refractivity contribution is 0.171. The second kappa shape index (κ2) is 5.71. The molecule has 0 aliphatic carbocycles. The second-order valence-electron chi connectivity index (χ2n) is 6.12. The van der Waals surface area contributed by atoms with Crippen molar-refractivity contribution in [3.63, 3.8) is 0 Å². The smallest absolute Gasteiger partial charge is 0.229 e. The molecular formula is C16H20N4O2. The molecular weight excluding hydrogens is 280 g/mol. The van der Waals surface area contributed by atoms with Gasteiger partial charge in [0.2, 0.25) is 5.95 Å². The number of rotatable bonds is 3. The van der Waals surface area contributed by atoms with Crippen molar-refractivity contribution < 1.29 is 9.47 Å². The highest BCUT2D eigenvalue weighted by atomic mass is 16.6. The normalized spacial score (nSPS) is 13.6. The summed E-state index contributed by atoms with van der Waals surface area (Å²) in [4.78, 5) is 8.70. The minimum atomic E-state index is -0.0530. The molecule has 0 bridgehead atoms. The number of hydrogen-bond donors (Lipinski definition) is 2. The first-order chi connectivity index (χ1) is 10.5. The van der Waals surface area contributed by atoms with Gasteiger partial charge in [-0.1, -0.05) is 0 Å². The Labute approximate surface area is 129 Å². The predicted octanol–water partition coefficient (Wildman–Crippen LogP) is 3.20. The summed E-state index contributed by atoms with van der Waals surface area (Å²) < 4.78 is 11.1. The lowest BCUT2D eigenvalue weighted by Gasteiger charge is -2.21. The van der Waals surface area contributed by atoms with E-state index in [1.807, 2.05) is 24.3 Å². The van der Waals surface area contributed by atoms with Gasteiger partial charge in [-0.2, -0.15) is 4.98 Å². The maximum Gasteiger partial charge on any atom is 0.229 e. The van der Waals surface area contributed by atoms with Gasteiger partial charge in [0.15, 0.2) is 11.5 Å². The van der Waals surface area contributed by atoms with Crippen LogP contribution >= 0.6 is 0 Å². The Morgan fingerprint density at radius 1 is 1.05 bits per heavy atom. The zero-order valence-electron chi connectivity index (χ0n) is 13.0. The molecule has 6 heteroatoms. The van der Waals surface area contributed by atoms with E-state index in [-0.39, 0.29) is 5.54 Å². The van der Waals surface area contributed by atoms with Gasteiger partial charge in [-0.05, 0) is 39.0 Å². The summed E-state index contributed by atoms with van der Waals surface area (Å²) in [6.45, 7) is 7.41. The molecule has 116 valence electrons. The third-order valence-corrected chi connectivity index (χ3v) is 2.96. The fourth-order valence-electron chi connectivity index (χ4n) is 2.12. The topological polar surface area (TPSA) is 68.3 Å². The van der Waals surface area contributed by atoms with Crippen LogP contribution in [0.15, 0.2) is 30.5 Å². The average molecular weight is 300 g/mol. The van der Waals surface area contributed by atoms with E-state index in [1.165, 1.54) is 0 Å². The molecule has 1 aromatic carbocycles. The number of ether oxygens (including phenoxy) is 2. The Bertz CT molecular complexity index is 667. The highest BCUT2D eigenvalue weighted by molar-refractivity contribution is 5.60. The van der Waals surface area contributed by atoms with Crippen molar-refractivity contribution in [2.45, 2.75) is 26.3 Å². The van der Waals surface area contributed by atoms with Gasteiger partial charge in [0.05, 0.1) is 0 Å². The van der Waals surface area contributed by atoms with Crippen molar-refractivity contribution in [3.05, 3.63) is 30.5 Å². The monoisotopic (exact) mass is 300 g/mol. The van der Waals surface area contributed by atoms with Gasteiger partial charge in [-0.25, -0.2) is 4.98 Å². The maximum absolute atomic E-state index is 5.57. The van der Waals surface area contributed by atoms with E-state index in [9.17, 15) is 0 Å². The van der Waals surface area contributed by atoms with E-state index in [1.54, 1.807) is 6.20 Å². The molecule has 0 spiro atoms. The Kier molecular flexibility index (Phi) is 3.75. The number of nitrogens with one attached hydrogen (secondary N) is 2. The van der Waals surface area contributed by atoms with E-state index < -0.39 is 0 Å². The third kappa shape index (κ3) is 3.58. The summed E-state index contributed by atoms with van der Waals surface area (Å²) in [6.07, 6.45) is 1.72. The summed E-state index contributed by atoms with van der Waals surface area (Å²) in [7, 11) is 0. The van der Waals surface area contributed by atoms with Crippen molar-refractivity contribution in [1.29, 1.82) is 0 Å². The number of anilines is 3. The summed E-state index contributed by atoms with van der Waals surface area (Å²) >= 11 is 0. The Morgan fingerprint density at radius 2 is 1.82 bits per heavy atom. The minimum absolute atomic E-state index is 0.0530. The van der Waals surface area contributed by atoms with Gasteiger partial charge in [0.25, 0.3) is 0 Å². The van der Waals surface area contributed by atoms with Crippen LogP contribution in [0.1, 0.15) is 20.8 Å². The van der Waals surface area contributed by atoms with E-state index in [0.717, 1.165) is 23.0 Å². The molecule has 6 nitrogen and oxygen atoms in total. The molecule has 0 unspecified atom stereocenters. The van der Waals surface area contributed by atoms with Crippen LogP contribution in [0, 0.1) is 0 Å². The molecule has 2 heterocycles. The molecule has 0 amide bonds. The third-order valence-electron chi connectivity index (χ3n) is 2.96. The first kappa shape index (κ1) is 14.4. The molecule has 1 aromatic heterocycles. The number of benzene rings is 1. The van der Waals surface area contributed by atoms with Crippen LogP contribution in [-0.4, -0.2) is 28.7 Å². The van der Waals surface area contributed by atoms with Gasteiger partial charge in [0, 0.05) is 23.5 Å². The molecule has 1 aliphatic rings.